The molecule has 4 heteroatoms. The van der Waals surface area contributed by atoms with Crippen LogP contribution in [0.1, 0.15) is 55.4 Å². The predicted molar refractivity (Wildman–Crippen MR) is 113 cm³/mol. The van der Waals surface area contributed by atoms with Crippen LogP contribution in [0.15, 0.2) is 45.6 Å². The van der Waals surface area contributed by atoms with Gasteiger partial charge in [-0.15, -0.1) is 0 Å². The molecule has 4 nitrogen and oxygen atoms in total. The van der Waals surface area contributed by atoms with Crippen molar-refractivity contribution in [3.8, 4) is 5.75 Å². The van der Waals surface area contributed by atoms with E-state index in [-0.39, 0.29) is 5.63 Å². The summed E-state index contributed by atoms with van der Waals surface area (Å²) in [5.41, 5.74) is 5.94. The van der Waals surface area contributed by atoms with Crippen molar-refractivity contribution >= 4 is 16.7 Å². The maximum atomic E-state index is 11.9. The van der Waals surface area contributed by atoms with Gasteiger partial charge in [0.25, 0.3) is 0 Å². The number of ether oxygens (including phenoxy) is 1. The molecule has 0 radical (unpaired) electrons. The Morgan fingerprint density at radius 2 is 1.89 bits per heavy atom. The molecule has 2 heterocycles. The van der Waals surface area contributed by atoms with Gasteiger partial charge in [-0.05, 0) is 55.0 Å². The molecule has 1 aliphatic rings. The first-order valence-corrected chi connectivity index (χ1v) is 10.1. The number of hydrogen-bond donors (Lipinski definition) is 0. The number of nitrogens with zero attached hydrogens (tertiary/aromatic N) is 1. The minimum atomic E-state index is -0.300. The fraction of sp³-hybridized carbons (Fsp3) is 0.375. The Hall–Kier alpha value is -2.75. The van der Waals surface area contributed by atoms with Crippen LogP contribution in [0, 0.1) is 6.92 Å². The van der Waals surface area contributed by atoms with Gasteiger partial charge in [-0.25, -0.2) is 4.79 Å². The van der Waals surface area contributed by atoms with Crippen LogP contribution in [0.5, 0.6) is 5.75 Å². The van der Waals surface area contributed by atoms with E-state index in [0.29, 0.717) is 18.2 Å². The summed E-state index contributed by atoms with van der Waals surface area (Å²) in [5.74, 6) is 1.42. The normalized spacial score (nSPS) is 14.6. The minimum Gasteiger partial charge on any atom is -0.472 e. The molecule has 0 amide bonds. The lowest BCUT2D eigenvalue weighted by Crippen LogP contribution is -2.32. The SMILES string of the molecule is CCc1cc(=O)oc2c(C)c3c(cc12)CN(c1ccc([C@@H](C)CC)cc1)CO3. The molecule has 0 N–H and O–H groups in total. The first kappa shape index (κ1) is 18.6. The third kappa shape index (κ3) is 3.17. The van der Waals surface area contributed by atoms with Gasteiger partial charge in [-0.1, -0.05) is 32.9 Å². The Kier molecular flexibility index (Phi) is 4.88. The summed E-state index contributed by atoms with van der Waals surface area (Å²) in [5, 5.41) is 1.01. The summed E-state index contributed by atoms with van der Waals surface area (Å²) in [6.45, 7) is 9.77. The monoisotopic (exact) mass is 377 g/mol. The molecule has 1 atom stereocenters. The topological polar surface area (TPSA) is 42.7 Å². The van der Waals surface area contributed by atoms with Gasteiger partial charge in [-0.2, -0.15) is 0 Å². The molecule has 4 rings (SSSR count). The average Bonchev–Trinajstić information content (AvgIpc) is 2.73. The van der Waals surface area contributed by atoms with Gasteiger partial charge in [-0.3, -0.25) is 0 Å². The summed E-state index contributed by atoms with van der Waals surface area (Å²) in [6.07, 6.45) is 1.93. The quantitative estimate of drug-likeness (QED) is 0.560. The Bertz CT molecular complexity index is 1070. The van der Waals surface area contributed by atoms with Crippen LogP contribution in [0.2, 0.25) is 0 Å². The molecule has 0 saturated heterocycles. The van der Waals surface area contributed by atoms with Crippen LogP contribution in [0.3, 0.4) is 0 Å². The van der Waals surface area contributed by atoms with Crippen molar-refractivity contribution in [2.45, 2.75) is 53.0 Å². The van der Waals surface area contributed by atoms with E-state index in [4.69, 9.17) is 9.15 Å². The van der Waals surface area contributed by atoms with Gasteiger partial charge in [0.1, 0.15) is 11.3 Å². The Balaban J connectivity index is 1.71. The van der Waals surface area contributed by atoms with Crippen LogP contribution in [0.4, 0.5) is 5.69 Å². The predicted octanol–water partition coefficient (Wildman–Crippen LogP) is 5.53. The van der Waals surface area contributed by atoms with Crippen molar-refractivity contribution in [2.24, 2.45) is 0 Å². The minimum absolute atomic E-state index is 0.300. The van der Waals surface area contributed by atoms with Crippen LogP contribution in [0.25, 0.3) is 11.0 Å². The maximum Gasteiger partial charge on any atom is 0.336 e. The lowest BCUT2D eigenvalue weighted by Gasteiger charge is -2.32. The van der Waals surface area contributed by atoms with Gasteiger partial charge >= 0.3 is 5.63 Å². The molecule has 0 bridgehead atoms. The van der Waals surface area contributed by atoms with Crippen molar-refractivity contribution in [1.82, 2.24) is 0 Å². The lowest BCUT2D eigenvalue weighted by molar-refractivity contribution is 0.287. The van der Waals surface area contributed by atoms with Crippen LogP contribution in [-0.2, 0) is 13.0 Å². The molecule has 1 aliphatic heterocycles. The molecular formula is C24H27NO3. The van der Waals surface area contributed by atoms with Crippen LogP contribution >= 0.6 is 0 Å². The number of aryl methyl sites for hydroxylation is 2. The van der Waals surface area contributed by atoms with Crippen molar-refractivity contribution in [3.63, 3.8) is 0 Å². The number of hydrogen-bond acceptors (Lipinski definition) is 4. The van der Waals surface area contributed by atoms with E-state index in [1.165, 1.54) is 5.56 Å². The smallest absolute Gasteiger partial charge is 0.336 e. The summed E-state index contributed by atoms with van der Waals surface area (Å²) < 4.78 is 11.6. The standard InChI is InChI=1S/C24H27NO3/c1-5-15(3)18-7-9-20(10-8-18)25-13-19-11-21-17(6-2)12-22(26)28-24(21)16(4)23(19)27-14-25/h7-12,15H,5-6,13-14H2,1-4H3/t15-/m0/s1. The molecule has 0 aliphatic carbocycles. The average molecular weight is 377 g/mol. The van der Waals surface area contributed by atoms with E-state index in [9.17, 15) is 4.79 Å². The highest BCUT2D eigenvalue weighted by molar-refractivity contribution is 5.86. The zero-order valence-corrected chi connectivity index (χ0v) is 17.0. The lowest BCUT2D eigenvalue weighted by atomic mass is 9.98. The maximum absolute atomic E-state index is 11.9. The molecule has 3 aromatic rings. The second-order valence-electron chi connectivity index (χ2n) is 7.68. The molecule has 0 fully saturated rings. The van der Waals surface area contributed by atoms with Crippen LogP contribution < -0.4 is 15.3 Å². The number of benzene rings is 2. The Morgan fingerprint density at radius 1 is 1.14 bits per heavy atom. The highest BCUT2D eigenvalue weighted by atomic mass is 16.5. The fourth-order valence-electron chi connectivity index (χ4n) is 3.99. The second kappa shape index (κ2) is 7.34. The summed E-state index contributed by atoms with van der Waals surface area (Å²) in [6, 6.07) is 12.5. The summed E-state index contributed by atoms with van der Waals surface area (Å²) in [7, 11) is 0. The first-order valence-electron chi connectivity index (χ1n) is 10.1. The molecule has 28 heavy (non-hydrogen) atoms. The molecule has 146 valence electrons. The molecule has 0 spiro atoms. The Labute approximate surface area is 165 Å². The second-order valence-corrected chi connectivity index (χ2v) is 7.68. The number of rotatable bonds is 4. The van der Waals surface area contributed by atoms with E-state index in [0.717, 1.165) is 52.9 Å². The molecule has 0 unspecified atom stereocenters. The molecule has 1 aromatic heterocycles. The van der Waals surface area contributed by atoms with E-state index in [1.807, 2.05) is 6.92 Å². The van der Waals surface area contributed by atoms with Gasteiger partial charge in [0.15, 0.2) is 6.73 Å². The number of fused-ring (bicyclic) bond motifs is 2. The highest BCUT2D eigenvalue weighted by Crippen LogP contribution is 2.37. The third-order valence-electron chi connectivity index (χ3n) is 5.92. The zero-order chi connectivity index (χ0) is 19.8. The van der Waals surface area contributed by atoms with Crippen molar-refractivity contribution in [3.05, 3.63) is 69.1 Å². The zero-order valence-electron chi connectivity index (χ0n) is 17.0. The third-order valence-corrected chi connectivity index (χ3v) is 5.92. The van der Waals surface area contributed by atoms with Crippen LogP contribution in [-0.4, -0.2) is 6.73 Å². The highest BCUT2D eigenvalue weighted by Gasteiger charge is 2.23. The first-order chi connectivity index (χ1) is 13.5. The van der Waals surface area contributed by atoms with E-state index in [1.54, 1.807) is 6.07 Å². The largest absolute Gasteiger partial charge is 0.472 e. The Morgan fingerprint density at radius 3 is 2.57 bits per heavy atom. The van der Waals surface area contributed by atoms with Crippen molar-refractivity contribution in [2.75, 3.05) is 11.6 Å². The van der Waals surface area contributed by atoms with Crippen molar-refractivity contribution in [1.29, 1.82) is 0 Å². The van der Waals surface area contributed by atoms with Gasteiger partial charge in [0.05, 0.1) is 0 Å². The van der Waals surface area contributed by atoms with Gasteiger partial charge in [0, 0.05) is 34.8 Å². The van der Waals surface area contributed by atoms with Gasteiger partial charge < -0.3 is 14.1 Å². The van der Waals surface area contributed by atoms with E-state index < -0.39 is 0 Å². The molecular weight excluding hydrogens is 350 g/mol. The van der Waals surface area contributed by atoms with Gasteiger partial charge in [0.2, 0.25) is 0 Å². The van der Waals surface area contributed by atoms with E-state index >= 15 is 0 Å². The molecule has 0 saturated carbocycles. The molecule has 2 aromatic carbocycles. The summed E-state index contributed by atoms with van der Waals surface area (Å²) >= 11 is 0. The summed E-state index contributed by atoms with van der Waals surface area (Å²) in [4.78, 5) is 14.1. The fourth-order valence-corrected chi connectivity index (χ4v) is 3.99. The number of anilines is 1. The van der Waals surface area contributed by atoms with Crippen molar-refractivity contribution < 1.29 is 9.15 Å². The van der Waals surface area contributed by atoms with E-state index in [2.05, 4.69) is 56.0 Å².